The molecule has 0 saturated heterocycles. The molecule has 0 spiro atoms. The minimum Gasteiger partial charge on any atom is -0.393 e. The lowest BCUT2D eigenvalue weighted by atomic mass is 9.76. The molecule has 0 aliphatic heterocycles. The highest BCUT2D eigenvalue weighted by atomic mass is 16.3. The Morgan fingerprint density at radius 3 is 2.00 bits per heavy atom. The SMILES string of the molecule is OC1CC[C@@H]2CC[C@H]12. The quantitative estimate of drug-likeness (QED) is 0.498. The van der Waals surface area contributed by atoms with Crippen LogP contribution >= 0.6 is 0 Å². The van der Waals surface area contributed by atoms with Crippen LogP contribution in [0.2, 0.25) is 0 Å². The third-order valence-corrected chi connectivity index (χ3v) is 2.80. The summed E-state index contributed by atoms with van der Waals surface area (Å²) >= 11 is 0. The molecule has 0 heterocycles. The first kappa shape index (κ1) is 4.80. The Balaban J connectivity index is 2.05. The standard InChI is InChI=1S/C7H12O/c8-7-4-2-5-1-3-6(5)7/h5-8H,1-4H2/t5-,6-,7?/m0/s1. The first-order valence-corrected chi connectivity index (χ1v) is 3.56. The van der Waals surface area contributed by atoms with Gasteiger partial charge in [0, 0.05) is 0 Å². The fourth-order valence-corrected chi connectivity index (χ4v) is 2.06. The highest BCUT2D eigenvalue weighted by Crippen LogP contribution is 2.46. The Morgan fingerprint density at radius 2 is 1.75 bits per heavy atom. The first-order valence-electron chi connectivity index (χ1n) is 3.56. The maximum atomic E-state index is 9.22. The van der Waals surface area contributed by atoms with E-state index in [-0.39, 0.29) is 6.10 Å². The zero-order chi connectivity index (χ0) is 5.56. The number of hydrogen-bond acceptors (Lipinski definition) is 1. The predicted molar refractivity (Wildman–Crippen MR) is 31.5 cm³/mol. The smallest absolute Gasteiger partial charge is 0.0571 e. The Morgan fingerprint density at radius 1 is 1.00 bits per heavy atom. The maximum absolute atomic E-state index is 9.22. The van der Waals surface area contributed by atoms with Crippen molar-refractivity contribution in [3.8, 4) is 0 Å². The summed E-state index contributed by atoms with van der Waals surface area (Å²) in [6.07, 6.45) is 5.14. The van der Waals surface area contributed by atoms with Gasteiger partial charge in [0.15, 0.2) is 0 Å². The number of hydrogen-bond donors (Lipinski definition) is 1. The van der Waals surface area contributed by atoms with Crippen LogP contribution in [0.5, 0.6) is 0 Å². The van der Waals surface area contributed by atoms with E-state index in [9.17, 15) is 5.11 Å². The van der Waals surface area contributed by atoms with Gasteiger partial charge >= 0.3 is 0 Å². The van der Waals surface area contributed by atoms with Crippen molar-refractivity contribution in [2.45, 2.75) is 31.8 Å². The van der Waals surface area contributed by atoms with Gasteiger partial charge in [0.05, 0.1) is 6.10 Å². The molecular weight excluding hydrogens is 100 g/mol. The molecule has 2 aliphatic carbocycles. The molecule has 0 aromatic carbocycles. The van der Waals surface area contributed by atoms with E-state index >= 15 is 0 Å². The van der Waals surface area contributed by atoms with Crippen LogP contribution in [0, 0.1) is 11.8 Å². The molecule has 0 aromatic rings. The summed E-state index contributed by atoms with van der Waals surface area (Å²) in [5.41, 5.74) is 0. The van der Waals surface area contributed by atoms with Gasteiger partial charge in [-0.15, -0.1) is 0 Å². The topological polar surface area (TPSA) is 20.2 Å². The van der Waals surface area contributed by atoms with Gasteiger partial charge in [0.2, 0.25) is 0 Å². The van der Waals surface area contributed by atoms with Gasteiger partial charge < -0.3 is 5.11 Å². The van der Waals surface area contributed by atoms with Gasteiger partial charge in [-0.1, -0.05) is 0 Å². The van der Waals surface area contributed by atoms with Crippen LogP contribution in [0.3, 0.4) is 0 Å². The van der Waals surface area contributed by atoms with E-state index in [0.717, 1.165) is 18.3 Å². The Hall–Kier alpha value is -0.0400. The summed E-state index contributed by atoms with van der Waals surface area (Å²) in [5, 5.41) is 9.22. The summed E-state index contributed by atoms with van der Waals surface area (Å²) in [6.45, 7) is 0. The lowest BCUT2D eigenvalue weighted by Gasteiger charge is -2.31. The van der Waals surface area contributed by atoms with Crippen molar-refractivity contribution < 1.29 is 5.11 Å². The van der Waals surface area contributed by atoms with E-state index < -0.39 is 0 Å². The fraction of sp³-hybridized carbons (Fsp3) is 1.00. The fourth-order valence-electron chi connectivity index (χ4n) is 2.06. The van der Waals surface area contributed by atoms with E-state index in [4.69, 9.17) is 0 Å². The molecule has 0 amide bonds. The number of rotatable bonds is 0. The number of fused-ring (bicyclic) bond motifs is 1. The van der Waals surface area contributed by atoms with Crippen LogP contribution in [-0.2, 0) is 0 Å². The molecule has 3 atom stereocenters. The minimum atomic E-state index is 0.0775. The Bertz CT molecular complexity index is 94.6. The minimum absolute atomic E-state index is 0.0775. The predicted octanol–water partition coefficient (Wildman–Crippen LogP) is 1.17. The molecule has 1 nitrogen and oxygen atoms in total. The summed E-state index contributed by atoms with van der Waals surface area (Å²) in [5.74, 6) is 1.64. The maximum Gasteiger partial charge on any atom is 0.0571 e. The van der Waals surface area contributed by atoms with E-state index in [2.05, 4.69) is 0 Å². The normalized spacial score (nSPS) is 52.9. The van der Waals surface area contributed by atoms with E-state index in [1.54, 1.807) is 0 Å². The second kappa shape index (κ2) is 1.47. The number of aliphatic hydroxyl groups excluding tert-OH is 1. The Kier molecular flexibility index (Phi) is 0.884. The van der Waals surface area contributed by atoms with Crippen molar-refractivity contribution in [1.82, 2.24) is 0 Å². The van der Waals surface area contributed by atoms with Crippen LogP contribution in [0.1, 0.15) is 25.7 Å². The van der Waals surface area contributed by atoms with Gasteiger partial charge in [0.1, 0.15) is 0 Å². The molecule has 0 bridgehead atoms. The zero-order valence-corrected chi connectivity index (χ0v) is 5.01. The zero-order valence-electron chi connectivity index (χ0n) is 5.01. The van der Waals surface area contributed by atoms with Crippen LogP contribution in [0.4, 0.5) is 0 Å². The van der Waals surface area contributed by atoms with Crippen molar-refractivity contribution >= 4 is 0 Å². The van der Waals surface area contributed by atoms with Crippen molar-refractivity contribution in [1.29, 1.82) is 0 Å². The summed E-state index contributed by atoms with van der Waals surface area (Å²) in [7, 11) is 0. The largest absolute Gasteiger partial charge is 0.393 e. The van der Waals surface area contributed by atoms with Crippen molar-refractivity contribution in [3.63, 3.8) is 0 Å². The molecule has 8 heavy (non-hydrogen) atoms. The summed E-state index contributed by atoms with van der Waals surface area (Å²) in [6, 6.07) is 0. The van der Waals surface area contributed by atoms with Crippen LogP contribution in [0.15, 0.2) is 0 Å². The molecule has 2 saturated carbocycles. The van der Waals surface area contributed by atoms with Gasteiger partial charge in [-0.2, -0.15) is 0 Å². The van der Waals surface area contributed by atoms with Crippen molar-refractivity contribution in [2.75, 3.05) is 0 Å². The second-order valence-electron chi connectivity index (χ2n) is 3.15. The average Bonchev–Trinajstić information content (AvgIpc) is 1.80. The van der Waals surface area contributed by atoms with E-state index in [1.165, 1.54) is 19.3 Å². The first-order chi connectivity index (χ1) is 3.88. The van der Waals surface area contributed by atoms with E-state index in [1.807, 2.05) is 0 Å². The van der Waals surface area contributed by atoms with Gasteiger partial charge in [0.25, 0.3) is 0 Å². The molecule has 1 unspecified atom stereocenters. The molecule has 2 fully saturated rings. The van der Waals surface area contributed by atoms with E-state index in [0.29, 0.717) is 0 Å². The molecular formula is C7H12O. The van der Waals surface area contributed by atoms with Gasteiger partial charge in [-0.3, -0.25) is 0 Å². The summed E-state index contributed by atoms with van der Waals surface area (Å²) in [4.78, 5) is 0. The molecule has 0 aromatic heterocycles. The van der Waals surface area contributed by atoms with Crippen LogP contribution < -0.4 is 0 Å². The lowest BCUT2D eigenvalue weighted by Crippen LogP contribution is -2.27. The van der Waals surface area contributed by atoms with Crippen molar-refractivity contribution in [2.24, 2.45) is 11.8 Å². The van der Waals surface area contributed by atoms with Crippen LogP contribution in [0.25, 0.3) is 0 Å². The molecule has 46 valence electrons. The van der Waals surface area contributed by atoms with Crippen molar-refractivity contribution in [3.05, 3.63) is 0 Å². The average molecular weight is 112 g/mol. The summed E-state index contributed by atoms with van der Waals surface area (Å²) < 4.78 is 0. The molecule has 2 aliphatic rings. The van der Waals surface area contributed by atoms with Gasteiger partial charge in [-0.25, -0.2) is 0 Å². The van der Waals surface area contributed by atoms with Gasteiger partial charge in [-0.05, 0) is 37.5 Å². The molecule has 1 heteroatoms. The Labute approximate surface area is 49.7 Å². The van der Waals surface area contributed by atoms with Crippen LogP contribution in [-0.4, -0.2) is 11.2 Å². The number of aliphatic hydroxyl groups is 1. The molecule has 0 radical (unpaired) electrons. The highest BCUT2D eigenvalue weighted by molar-refractivity contribution is 4.91. The monoisotopic (exact) mass is 112 g/mol. The molecule has 1 N–H and O–H groups in total. The molecule has 2 rings (SSSR count). The highest BCUT2D eigenvalue weighted by Gasteiger charge is 2.40. The lowest BCUT2D eigenvalue weighted by molar-refractivity contribution is 0.0673. The third kappa shape index (κ3) is 0.455. The third-order valence-electron chi connectivity index (χ3n) is 2.80. The second-order valence-corrected chi connectivity index (χ2v) is 3.15.